The molecule has 1 aromatic carbocycles. The monoisotopic (exact) mass is 312 g/mol. The third-order valence-corrected chi connectivity index (χ3v) is 4.59. The number of sulfone groups is 1. The van der Waals surface area contributed by atoms with Crippen LogP contribution in [0.2, 0.25) is 0 Å². The van der Waals surface area contributed by atoms with Crippen LogP contribution in [0.5, 0.6) is 0 Å². The van der Waals surface area contributed by atoms with Gasteiger partial charge in [0.2, 0.25) is 0 Å². The van der Waals surface area contributed by atoms with Gasteiger partial charge in [0.05, 0.1) is 4.90 Å². The summed E-state index contributed by atoms with van der Waals surface area (Å²) in [6, 6.07) is 4.29. The molecule has 0 aromatic heterocycles. The lowest BCUT2D eigenvalue weighted by Gasteiger charge is -2.24. The van der Waals surface area contributed by atoms with Gasteiger partial charge >= 0.3 is 0 Å². The Morgan fingerprint density at radius 3 is 2.38 bits per heavy atom. The van der Waals surface area contributed by atoms with E-state index >= 15 is 0 Å². The highest BCUT2D eigenvalue weighted by atomic mass is 32.2. The number of nitrogens with two attached hydrogens (primary N) is 1. The zero-order valence-corrected chi connectivity index (χ0v) is 13.9. The predicted octanol–water partition coefficient (Wildman–Crippen LogP) is 2.18. The normalized spacial score (nSPS) is 13.0. The van der Waals surface area contributed by atoms with Crippen molar-refractivity contribution >= 4 is 21.4 Å². The summed E-state index contributed by atoms with van der Waals surface area (Å²) >= 11 is 0. The fraction of sp³-hybridized carbons (Fsp3) is 0.533. The van der Waals surface area contributed by atoms with Crippen molar-refractivity contribution in [3.63, 3.8) is 0 Å². The van der Waals surface area contributed by atoms with Gasteiger partial charge in [0, 0.05) is 30.6 Å². The Kier molecular flexibility index (Phi) is 5.78. The van der Waals surface area contributed by atoms with Crippen molar-refractivity contribution in [2.45, 2.75) is 32.1 Å². The van der Waals surface area contributed by atoms with E-state index in [1.165, 1.54) is 18.2 Å². The number of anilines is 1. The smallest absolute Gasteiger partial charge is 0.253 e. The lowest BCUT2D eigenvalue weighted by Crippen LogP contribution is -2.34. The third-order valence-electron chi connectivity index (χ3n) is 3.50. The largest absolute Gasteiger partial charge is 0.399 e. The van der Waals surface area contributed by atoms with Gasteiger partial charge in [-0.2, -0.15) is 0 Å². The summed E-state index contributed by atoms with van der Waals surface area (Å²) in [5.41, 5.74) is 6.33. The number of benzene rings is 1. The molecule has 0 aliphatic heterocycles. The second kappa shape index (κ2) is 6.93. The van der Waals surface area contributed by atoms with Gasteiger partial charge in [-0.25, -0.2) is 8.42 Å². The van der Waals surface area contributed by atoms with E-state index in [4.69, 9.17) is 5.73 Å². The maximum atomic E-state index is 12.5. The second-order valence-electron chi connectivity index (χ2n) is 5.42. The summed E-state index contributed by atoms with van der Waals surface area (Å²) in [5.74, 6) is 0.208. The fourth-order valence-corrected chi connectivity index (χ4v) is 2.69. The summed E-state index contributed by atoms with van der Waals surface area (Å²) in [4.78, 5) is 14.3. The number of amides is 1. The molecule has 118 valence electrons. The van der Waals surface area contributed by atoms with Gasteiger partial charge in [-0.1, -0.05) is 20.3 Å². The van der Waals surface area contributed by atoms with Gasteiger partial charge in [0.1, 0.15) is 0 Å². The zero-order valence-electron chi connectivity index (χ0n) is 13.1. The van der Waals surface area contributed by atoms with Crippen LogP contribution in [0.1, 0.15) is 37.6 Å². The van der Waals surface area contributed by atoms with Gasteiger partial charge in [-0.05, 0) is 31.0 Å². The van der Waals surface area contributed by atoms with E-state index in [0.29, 0.717) is 24.6 Å². The van der Waals surface area contributed by atoms with E-state index in [-0.39, 0.29) is 16.5 Å². The first-order valence-corrected chi connectivity index (χ1v) is 8.98. The SMILES string of the molecule is CCC(C)CN(CC)C(=O)c1cc(N)cc(S(C)(=O)=O)c1. The summed E-state index contributed by atoms with van der Waals surface area (Å²) in [6.07, 6.45) is 2.09. The number of rotatable bonds is 6. The van der Waals surface area contributed by atoms with Crippen LogP contribution in [0.4, 0.5) is 5.69 Å². The minimum Gasteiger partial charge on any atom is -0.399 e. The number of carbonyl (C=O) groups is 1. The minimum absolute atomic E-state index is 0.0745. The molecule has 0 spiro atoms. The molecule has 1 aromatic rings. The molecule has 0 heterocycles. The van der Waals surface area contributed by atoms with Crippen LogP contribution in [0.15, 0.2) is 23.1 Å². The van der Waals surface area contributed by atoms with Crippen LogP contribution in [-0.2, 0) is 9.84 Å². The van der Waals surface area contributed by atoms with E-state index in [1.54, 1.807) is 4.90 Å². The highest BCUT2D eigenvalue weighted by Crippen LogP contribution is 2.19. The number of hydrogen-bond donors (Lipinski definition) is 1. The standard InChI is InChI=1S/C15H24N2O3S/c1-5-11(3)10-17(6-2)15(18)12-7-13(16)9-14(8-12)21(4,19)20/h7-9,11H,5-6,10,16H2,1-4H3. The van der Waals surface area contributed by atoms with Crippen LogP contribution < -0.4 is 5.73 Å². The number of nitrogens with zero attached hydrogens (tertiary/aromatic N) is 1. The molecular formula is C15H24N2O3S. The Hall–Kier alpha value is -1.56. The molecule has 1 rings (SSSR count). The summed E-state index contributed by atoms with van der Waals surface area (Å²) in [6.45, 7) is 7.29. The van der Waals surface area contributed by atoms with Crippen LogP contribution in [-0.4, -0.2) is 38.6 Å². The van der Waals surface area contributed by atoms with E-state index in [1.807, 2.05) is 6.92 Å². The molecule has 1 amide bonds. The molecule has 0 radical (unpaired) electrons. The number of carbonyl (C=O) groups excluding carboxylic acids is 1. The topological polar surface area (TPSA) is 80.5 Å². The van der Waals surface area contributed by atoms with Crippen molar-refractivity contribution in [2.24, 2.45) is 5.92 Å². The summed E-state index contributed by atoms with van der Waals surface area (Å²) < 4.78 is 23.3. The molecule has 0 aliphatic carbocycles. The average Bonchev–Trinajstić information content (AvgIpc) is 2.42. The molecule has 2 N–H and O–H groups in total. The number of nitrogen functional groups attached to an aromatic ring is 1. The van der Waals surface area contributed by atoms with E-state index in [9.17, 15) is 13.2 Å². The van der Waals surface area contributed by atoms with Crippen LogP contribution >= 0.6 is 0 Å². The Balaban J connectivity index is 3.14. The molecule has 0 saturated carbocycles. The third kappa shape index (κ3) is 4.74. The first-order chi connectivity index (χ1) is 9.68. The molecule has 6 heteroatoms. The van der Waals surface area contributed by atoms with E-state index in [2.05, 4.69) is 13.8 Å². The van der Waals surface area contributed by atoms with Crippen LogP contribution in [0.25, 0.3) is 0 Å². The lowest BCUT2D eigenvalue weighted by atomic mass is 10.1. The van der Waals surface area contributed by atoms with Crippen molar-refractivity contribution in [2.75, 3.05) is 25.1 Å². The average molecular weight is 312 g/mol. The molecule has 0 fully saturated rings. The molecule has 0 saturated heterocycles. The molecule has 1 unspecified atom stereocenters. The van der Waals surface area contributed by atoms with Crippen molar-refractivity contribution < 1.29 is 13.2 Å². The highest BCUT2D eigenvalue weighted by molar-refractivity contribution is 7.90. The predicted molar refractivity (Wildman–Crippen MR) is 85.0 cm³/mol. The molecule has 0 aliphatic rings. The molecule has 5 nitrogen and oxygen atoms in total. The first kappa shape index (κ1) is 17.5. The van der Waals surface area contributed by atoms with Crippen molar-refractivity contribution in [3.8, 4) is 0 Å². The molecule has 21 heavy (non-hydrogen) atoms. The quantitative estimate of drug-likeness (QED) is 0.816. The fourth-order valence-electron chi connectivity index (χ4n) is 2.00. The first-order valence-electron chi connectivity index (χ1n) is 7.08. The Labute approximate surface area is 127 Å². The van der Waals surface area contributed by atoms with Gasteiger partial charge in [0.25, 0.3) is 5.91 Å². The second-order valence-corrected chi connectivity index (χ2v) is 7.44. The van der Waals surface area contributed by atoms with Crippen molar-refractivity contribution in [1.82, 2.24) is 4.90 Å². The van der Waals surface area contributed by atoms with Crippen molar-refractivity contribution in [1.29, 1.82) is 0 Å². The summed E-state index contributed by atoms with van der Waals surface area (Å²) in [5, 5.41) is 0. The lowest BCUT2D eigenvalue weighted by molar-refractivity contribution is 0.0740. The van der Waals surface area contributed by atoms with Gasteiger partial charge in [-0.3, -0.25) is 4.79 Å². The zero-order chi connectivity index (χ0) is 16.2. The molecular weight excluding hydrogens is 288 g/mol. The maximum absolute atomic E-state index is 12.5. The molecule has 0 bridgehead atoms. The Morgan fingerprint density at radius 1 is 1.29 bits per heavy atom. The van der Waals surface area contributed by atoms with Gasteiger partial charge < -0.3 is 10.6 Å². The summed E-state index contributed by atoms with van der Waals surface area (Å²) in [7, 11) is -3.39. The van der Waals surface area contributed by atoms with Gasteiger partial charge in [0.15, 0.2) is 9.84 Å². The van der Waals surface area contributed by atoms with Gasteiger partial charge in [-0.15, -0.1) is 0 Å². The Morgan fingerprint density at radius 2 is 1.90 bits per heavy atom. The highest BCUT2D eigenvalue weighted by Gasteiger charge is 2.19. The minimum atomic E-state index is -3.39. The van der Waals surface area contributed by atoms with Crippen molar-refractivity contribution in [3.05, 3.63) is 23.8 Å². The maximum Gasteiger partial charge on any atom is 0.253 e. The van der Waals surface area contributed by atoms with Crippen LogP contribution in [0.3, 0.4) is 0 Å². The Bertz CT molecular complexity index is 611. The van der Waals surface area contributed by atoms with E-state index < -0.39 is 9.84 Å². The molecule has 1 atom stereocenters. The van der Waals surface area contributed by atoms with Crippen LogP contribution in [0, 0.1) is 5.92 Å². The number of hydrogen-bond acceptors (Lipinski definition) is 4. The van der Waals surface area contributed by atoms with E-state index in [0.717, 1.165) is 12.7 Å².